The smallest absolute Gasteiger partial charge is 0.118 e. The minimum atomic E-state index is 0.382. The van der Waals surface area contributed by atoms with Gasteiger partial charge in [-0.05, 0) is 55.0 Å². The molecule has 0 saturated heterocycles. The highest BCUT2D eigenvalue weighted by molar-refractivity contribution is 5.37. The second-order valence-corrected chi connectivity index (χ2v) is 5.25. The van der Waals surface area contributed by atoms with E-state index in [-0.39, 0.29) is 0 Å². The van der Waals surface area contributed by atoms with Crippen LogP contribution in [0.5, 0.6) is 5.75 Å². The van der Waals surface area contributed by atoms with E-state index in [1.54, 1.807) is 7.11 Å². The van der Waals surface area contributed by atoms with Crippen LogP contribution < -0.4 is 10.1 Å². The van der Waals surface area contributed by atoms with Crippen molar-refractivity contribution in [1.29, 1.82) is 0 Å². The van der Waals surface area contributed by atoms with Crippen LogP contribution in [-0.4, -0.2) is 20.2 Å². The van der Waals surface area contributed by atoms with Crippen molar-refractivity contribution in [3.05, 3.63) is 29.8 Å². The van der Waals surface area contributed by atoms with Gasteiger partial charge >= 0.3 is 0 Å². The second-order valence-electron chi connectivity index (χ2n) is 5.25. The fourth-order valence-corrected chi connectivity index (χ4v) is 2.53. The first-order chi connectivity index (χ1) is 8.20. The molecule has 0 radical (unpaired) electrons. The highest BCUT2D eigenvalue weighted by atomic mass is 16.5. The summed E-state index contributed by atoms with van der Waals surface area (Å²) in [4.78, 5) is 0. The summed E-state index contributed by atoms with van der Waals surface area (Å²) in [5.74, 6) is 1.74. The number of methoxy groups -OCH3 is 1. The molecular weight excluding hydrogens is 210 g/mol. The molecule has 0 amide bonds. The largest absolute Gasteiger partial charge is 0.497 e. The number of benzene rings is 1. The molecule has 0 spiro atoms. The zero-order valence-electron chi connectivity index (χ0n) is 11.1. The summed E-state index contributed by atoms with van der Waals surface area (Å²) in [6.07, 6.45) is 2.52. The minimum absolute atomic E-state index is 0.382. The molecule has 1 N–H and O–H groups in total. The maximum absolute atomic E-state index is 5.20. The van der Waals surface area contributed by atoms with Crippen molar-refractivity contribution in [1.82, 2.24) is 5.32 Å². The van der Waals surface area contributed by atoms with Gasteiger partial charge in [0.1, 0.15) is 5.75 Å². The van der Waals surface area contributed by atoms with E-state index in [2.05, 4.69) is 43.4 Å². The van der Waals surface area contributed by atoms with Gasteiger partial charge in [0, 0.05) is 0 Å². The van der Waals surface area contributed by atoms with Gasteiger partial charge in [-0.2, -0.15) is 0 Å². The Morgan fingerprint density at radius 3 is 2.65 bits per heavy atom. The topological polar surface area (TPSA) is 21.3 Å². The Morgan fingerprint density at radius 1 is 1.35 bits per heavy atom. The van der Waals surface area contributed by atoms with Gasteiger partial charge in [0.15, 0.2) is 0 Å². The summed E-state index contributed by atoms with van der Waals surface area (Å²) < 4.78 is 5.20. The van der Waals surface area contributed by atoms with Gasteiger partial charge < -0.3 is 10.1 Å². The lowest BCUT2D eigenvalue weighted by Gasteiger charge is -2.13. The minimum Gasteiger partial charge on any atom is -0.497 e. The van der Waals surface area contributed by atoms with Crippen LogP contribution in [0.1, 0.15) is 32.3 Å². The predicted octanol–water partition coefficient (Wildman–Crippen LogP) is 2.97. The average molecular weight is 233 g/mol. The number of rotatable bonds is 6. The third-order valence-corrected chi connectivity index (χ3v) is 3.98. The molecule has 1 fully saturated rings. The fraction of sp³-hybridized carbons (Fsp3) is 0.600. The molecule has 0 heterocycles. The molecule has 2 heteroatoms. The Kier molecular flexibility index (Phi) is 3.72. The van der Waals surface area contributed by atoms with Crippen molar-refractivity contribution in [3.8, 4) is 5.75 Å². The molecule has 0 bridgehead atoms. The molecule has 94 valence electrons. The van der Waals surface area contributed by atoms with Crippen molar-refractivity contribution < 1.29 is 4.74 Å². The van der Waals surface area contributed by atoms with E-state index in [1.807, 2.05) is 0 Å². The first kappa shape index (κ1) is 12.4. The van der Waals surface area contributed by atoms with Crippen LogP contribution in [0.25, 0.3) is 0 Å². The Bertz CT molecular complexity index is 360. The van der Waals surface area contributed by atoms with E-state index in [1.165, 1.54) is 18.4 Å². The van der Waals surface area contributed by atoms with Crippen molar-refractivity contribution in [2.45, 2.75) is 32.1 Å². The van der Waals surface area contributed by atoms with E-state index in [0.29, 0.717) is 5.41 Å². The van der Waals surface area contributed by atoms with E-state index in [0.717, 1.165) is 24.8 Å². The number of hydrogen-bond acceptors (Lipinski definition) is 2. The summed E-state index contributed by atoms with van der Waals surface area (Å²) in [7, 11) is 1.71. The van der Waals surface area contributed by atoms with Crippen molar-refractivity contribution >= 4 is 0 Å². The first-order valence-corrected chi connectivity index (χ1v) is 6.56. The van der Waals surface area contributed by atoms with Crippen LogP contribution in [0.3, 0.4) is 0 Å². The summed E-state index contributed by atoms with van der Waals surface area (Å²) in [5.41, 5.74) is 1.83. The van der Waals surface area contributed by atoms with Gasteiger partial charge in [-0.25, -0.2) is 0 Å². The molecule has 0 aromatic heterocycles. The van der Waals surface area contributed by atoms with E-state index in [9.17, 15) is 0 Å². The molecular formula is C15H23NO. The van der Waals surface area contributed by atoms with Gasteiger partial charge in [-0.1, -0.05) is 26.0 Å². The SMILES string of the molecule is CCCNCC1CC1(C)c1ccc(OC)cc1. The molecule has 1 aromatic carbocycles. The predicted molar refractivity (Wildman–Crippen MR) is 71.6 cm³/mol. The van der Waals surface area contributed by atoms with Crippen LogP contribution in [-0.2, 0) is 5.41 Å². The van der Waals surface area contributed by atoms with Crippen molar-refractivity contribution in [3.63, 3.8) is 0 Å². The van der Waals surface area contributed by atoms with Crippen molar-refractivity contribution in [2.75, 3.05) is 20.2 Å². The molecule has 1 saturated carbocycles. The van der Waals surface area contributed by atoms with Gasteiger partial charge in [0.2, 0.25) is 0 Å². The molecule has 2 atom stereocenters. The standard InChI is InChI=1S/C15H23NO/c1-4-9-16-11-13-10-15(13,2)12-5-7-14(17-3)8-6-12/h5-8,13,16H,4,9-11H2,1-3H3. The summed E-state index contributed by atoms with van der Waals surface area (Å²) >= 11 is 0. The highest BCUT2D eigenvalue weighted by Gasteiger charge is 2.50. The quantitative estimate of drug-likeness (QED) is 0.763. The molecule has 1 aromatic rings. The normalized spacial score (nSPS) is 26.9. The van der Waals surface area contributed by atoms with Gasteiger partial charge in [0.25, 0.3) is 0 Å². The molecule has 2 rings (SSSR count). The van der Waals surface area contributed by atoms with E-state index in [4.69, 9.17) is 4.74 Å². The molecule has 2 nitrogen and oxygen atoms in total. The Labute approximate surface area is 104 Å². The molecule has 1 aliphatic rings. The van der Waals surface area contributed by atoms with Crippen LogP contribution in [0.4, 0.5) is 0 Å². The fourth-order valence-electron chi connectivity index (χ4n) is 2.53. The lowest BCUT2D eigenvalue weighted by atomic mass is 9.95. The number of nitrogens with one attached hydrogen (secondary N) is 1. The number of ether oxygens (including phenoxy) is 1. The van der Waals surface area contributed by atoms with Crippen LogP contribution in [0.2, 0.25) is 0 Å². The highest BCUT2D eigenvalue weighted by Crippen LogP contribution is 2.53. The van der Waals surface area contributed by atoms with Gasteiger partial charge in [0.05, 0.1) is 7.11 Å². The lowest BCUT2D eigenvalue weighted by molar-refractivity contribution is 0.414. The number of hydrogen-bond donors (Lipinski definition) is 1. The Hall–Kier alpha value is -1.02. The van der Waals surface area contributed by atoms with Gasteiger partial charge in [-0.3, -0.25) is 0 Å². The third kappa shape index (κ3) is 2.63. The maximum Gasteiger partial charge on any atom is 0.118 e. The van der Waals surface area contributed by atoms with E-state index >= 15 is 0 Å². The van der Waals surface area contributed by atoms with Crippen LogP contribution >= 0.6 is 0 Å². The van der Waals surface area contributed by atoms with Gasteiger partial charge in [-0.15, -0.1) is 0 Å². The third-order valence-electron chi connectivity index (χ3n) is 3.98. The Morgan fingerprint density at radius 2 is 2.06 bits per heavy atom. The Balaban J connectivity index is 1.93. The summed E-state index contributed by atoms with van der Waals surface area (Å²) in [5, 5.41) is 3.52. The molecule has 2 unspecified atom stereocenters. The van der Waals surface area contributed by atoms with E-state index < -0.39 is 0 Å². The zero-order valence-corrected chi connectivity index (χ0v) is 11.1. The zero-order chi connectivity index (χ0) is 12.3. The summed E-state index contributed by atoms with van der Waals surface area (Å²) in [6, 6.07) is 8.54. The molecule has 0 aliphatic heterocycles. The maximum atomic E-state index is 5.20. The average Bonchev–Trinajstić information content (AvgIpc) is 3.02. The van der Waals surface area contributed by atoms with Crippen LogP contribution in [0.15, 0.2) is 24.3 Å². The summed E-state index contributed by atoms with van der Waals surface area (Å²) in [6.45, 7) is 6.86. The molecule has 17 heavy (non-hydrogen) atoms. The first-order valence-electron chi connectivity index (χ1n) is 6.56. The second kappa shape index (κ2) is 5.09. The van der Waals surface area contributed by atoms with Crippen molar-refractivity contribution in [2.24, 2.45) is 5.92 Å². The lowest BCUT2D eigenvalue weighted by Crippen LogP contribution is -2.20. The monoisotopic (exact) mass is 233 g/mol. The molecule has 1 aliphatic carbocycles. The van der Waals surface area contributed by atoms with Crippen LogP contribution in [0, 0.1) is 5.92 Å².